The highest BCUT2D eigenvalue weighted by molar-refractivity contribution is 7.91. The fourth-order valence-corrected chi connectivity index (χ4v) is 5.26. The Labute approximate surface area is 223 Å². The van der Waals surface area contributed by atoms with Crippen LogP contribution in [0.4, 0.5) is 4.79 Å². The van der Waals surface area contributed by atoms with E-state index >= 15 is 0 Å². The lowest BCUT2D eigenvalue weighted by molar-refractivity contribution is 0.0527. The van der Waals surface area contributed by atoms with E-state index in [4.69, 9.17) is 4.74 Å². The second-order valence-corrected chi connectivity index (χ2v) is 12.1. The van der Waals surface area contributed by atoms with Crippen molar-refractivity contribution in [3.05, 3.63) is 87.1 Å². The van der Waals surface area contributed by atoms with Crippen molar-refractivity contribution in [3.8, 4) is 11.1 Å². The van der Waals surface area contributed by atoms with Crippen LogP contribution in [0, 0.1) is 0 Å². The van der Waals surface area contributed by atoms with Crippen LogP contribution in [0.5, 0.6) is 0 Å². The highest BCUT2D eigenvalue weighted by Crippen LogP contribution is 2.25. The molecule has 38 heavy (non-hydrogen) atoms. The van der Waals surface area contributed by atoms with E-state index < -0.39 is 32.8 Å². The molecule has 0 fully saturated rings. The average Bonchev–Trinajstić information content (AvgIpc) is 2.87. The standard InChI is InChI=1S/C28H35N3O6S/c1-5-38(35,36)25-23(22-16-10-7-11-17-22)24(32)30(19-13-12-18-29-26(33)37-28(2,3)4)27(34)31(25)20-21-14-8-6-9-15-21/h6-11,14-17H,5,12-13,18-20H2,1-4H3,(H,29,33). The van der Waals surface area contributed by atoms with Crippen molar-refractivity contribution in [2.75, 3.05) is 12.3 Å². The van der Waals surface area contributed by atoms with Crippen LogP contribution < -0.4 is 16.6 Å². The summed E-state index contributed by atoms with van der Waals surface area (Å²) in [6, 6.07) is 17.6. The van der Waals surface area contributed by atoms with Crippen molar-refractivity contribution in [1.29, 1.82) is 0 Å². The van der Waals surface area contributed by atoms with Crippen LogP contribution in [0.15, 0.2) is 75.3 Å². The molecule has 2 aromatic carbocycles. The molecule has 0 unspecified atom stereocenters. The van der Waals surface area contributed by atoms with Gasteiger partial charge in [0.25, 0.3) is 5.56 Å². The number of sulfone groups is 1. The summed E-state index contributed by atoms with van der Waals surface area (Å²) < 4.78 is 34.1. The molecule has 204 valence electrons. The molecule has 0 spiro atoms. The lowest BCUT2D eigenvalue weighted by Gasteiger charge is -2.20. The second kappa shape index (κ2) is 12.3. The van der Waals surface area contributed by atoms with Crippen molar-refractivity contribution in [3.63, 3.8) is 0 Å². The molecule has 0 radical (unpaired) electrons. The number of carbonyl (C=O) groups is 1. The Bertz CT molecular complexity index is 1470. The van der Waals surface area contributed by atoms with E-state index in [0.717, 1.165) is 10.1 Å². The third kappa shape index (κ3) is 7.22. The first-order valence-electron chi connectivity index (χ1n) is 12.6. The van der Waals surface area contributed by atoms with Crippen LogP contribution >= 0.6 is 0 Å². The predicted molar refractivity (Wildman–Crippen MR) is 147 cm³/mol. The van der Waals surface area contributed by atoms with Gasteiger partial charge in [0.2, 0.25) is 0 Å². The SMILES string of the molecule is CCS(=O)(=O)c1c(-c2ccccc2)c(=O)n(CCCCNC(=O)OC(C)(C)C)c(=O)n1Cc1ccccc1. The van der Waals surface area contributed by atoms with Gasteiger partial charge >= 0.3 is 11.8 Å². The molecule has 0 aliphatic rings. The van der Waals surface area contributed by atoms with Crippen molar-refractivity contribution in [2.24, 2.45) is 0 Å². The average molecular weight is 542 g/mol. The van der Waals surface area contributed by atoms with Gasteiger partial charge in [-0.25, -0.2) is 18.0 Å². The highest BCUT2D eigenvalue weighted by Gasteiger charge is 2.28. The molecule has 9 nitrogen and oxygen atoms in total. The molecule has 1 N–H and O–H groups in total. The van der Waals surface area contributed by atoms with E-state index in [1.807, 2.05) is 6.07 Å². The van der Waals surface area contributed by atoms with Gasteiger partial charge in [0, 0.05) is 13.1 Å². The molecule has 10 heteroatoms. The first-order valence-corrected chi connectivity index (χ1v) is 14.3. The third-order valence-electron chi connectivity index (χ3n) is 5.78. The number of amides is 1. The van der Waals surface area contributed by atoms with Gasteiger partial charge in [0.15, 0.2) is 14.9 Å². The van der Waals surface area contributed by atoms with E-state index in [1.54, 1.807) is 75.4 Å². The van der Waals surface area contributed by atoms with E-state index in [-0.39, 0.29) is 29.4 Å². The minimum Gasteiger partial charge on any atom is -0.444 e. The summed E-state index contributed by atoms with van der Waals surface area (Å²) >= 11 is 0. The summed E-state index contributed by atoms with van der Waals surface area (Å²) in [6.45, 7) is 7.16. The van der Waals surface area contributed by atoms with Crippen molar-refractivity contribution < 1.29 is 17.9 Å². The number of benzene rings is 2. The quantitative estimate of drug-likeness (QED) is 0.308. The van der Waals surface area contributed by atoms with Gasteiger partial charge in [-0.3, -0.25) is 13.9 Å². The molecule has 0 saturated heterocycles. The molecule has 0 aliphatic heterocycles. The van der Waals surface area contributed by atoms with E-state index in [1.165, 1.54) is 11.5 Å². The molecular weight excluding hydrogens is 506 g/mol. The second-order valence-electron chi connectivity index (χ2n) is 9.90. The maximum Gasteiger partial charge on any atom is 0.407 e. The summed E-state index contributed by atoms with van der Waals surface area (Å²) in [7, 11) is -3.95. The van der Waals surface area contributed by atoms with Crippen molar-refractivity contribution in [2.45, 2.75) is 64.3 Å². The number of aromatic nitrogens is 2. The van der Waals surface area contributed by atoms with Gasteiger partial charge in [-0.2, -0.15) is 0 Å². The number of unbranched alkanes of at least 4 members (excludes halogenated alkanes) is 1. The molecule has 0 atom stereocenters. The number of alkyl carbamates (subject to hydrolysis) is 1. The van der Waals surface area contributed by atoms with Crippen LogP contribution in [0.3, 0.4) is 0 Å². The number of ether oxygens (including phenoxy) is 1. The van der Waals surface area contributed by atoms with E-state index in [9.17, 15) is 22.8 Å². The zero-order valence-corrected chi connectivity index (χ0v) is 23.1. The summed E-state index contributed by atoms with van der Waals surface area (Å²) in [5, 5.41) is 2.39. The van der Waals surface area contributed by atoms with Crippen molar-refractivity contribution in [1.82, 2.24) is 14.5 Å². The summed E-state index contributed by atoms with van der Waals surface area (Å²) in [5.74, 6) is -0.263. The number of nitrogens with one attached hydrogen (secondary N) is 1. The predicted octanol–water partition coefficient (Wildman–Crippen LogP) is 3.82. The van der Waals surface area contributed by atoms with Crippen LogP contribution in [0.2, 0.25) is 0 Å². The first-order chi connectivity index (χ1) is 17.9. The first kappa shape index (κ1) is 28.9. The maximum absolute atomic E-state index is 13.7. The maximum atomic E-state index is 13.7. The zero-order chi connectivity index (χ0) is 27.9. The Morgan fingerprint density at radius 1 is 0.921 bits per heavy atom. The largest absolute Gasteiger partial charge is 0.444 e. The molecule has 3 aromatic rings. The molecule has 1 amide bonds. The summed E-state index contributed by atoms with van der Waals surface area (Å²) in [4.78, 5) is 39.2. The minimum atomic E-state index is -3.95. The van der Waals surface area contributed by atoms with Crippen LogP contribution in [-0.4, -0.2) is 41.5 Å². The summed E-state index contributed by atoms with van der Waals surface area (Å²) in [5.41, 5.74) is -0.826. The molecular formula is C28H35N3O6S. The Kier molecular flexibility index (Phi) is 9.32. The van der Waals surface area contributed by atoms with E-state index in [2.05, 4.69) is 5.32 Å². The molecule has 1 aromatic heterocycles. The topological polar surface area (TPSA) is 116 Å². The third-order valence-corrected chi connectivity index (χ3v) is 7.55. The van der Waals surface area contributed by atoms with Gasteiger partial charge < -0.3 is 10.1 Å². The van der Waals surface area contributed by atoms with Gasteiger partial charge in [0.05, 0.1) is 17.9 Å². The highest BCUT2D eigenvalue weighted by atomic mass is 32.2. The van der Waals surface area contributed by atoms with E-state index in [0.29, 0.717) is 24.9 Å². The molecule has 3 rings (SSSR count). The van der Waals surface area contributed by atoms with Crippen LogP contribution in [-0.2, 0) is 27.7 Å². The number of rotatable bonds is 10. The Hall–Kier alpha value is -3.66. The van der Waals surface area contributed by atoms with Gasteiger partial charge in [-0.15, -0.1) is 0 Å². The van der Waals surface area contributed by atoms with Gasteiger partial charge in [-0.1, -0.05) is 67.6 Å². The minimum absolute atomic E-state index is 0.00541. The van der Waals surface area contributed by atoms with Crippen LogP contribution in [0.1, 0.15) is 46.1 Å². The fourth-order valence-electron chi connectivity index (χ4n) is 3.99. The number of hydrogen-bond donors (Lipinski definition) is 1. The smallest absolute Gasteiger partial charge is 0.407 e. The Morgan fingerprint density at radius 2 is 1.53 bits per heavy atom. The molecule has 0 aliphatic carbocycles. The fraction of sp³-hybridized carbons (Fsp3) is 0.393. The number of carbonyl (C=O) groups excluding carboxylic acids is 1. The Balaban J connectivity index is 2.04. The van der Waals surface area contributed by atoms with Crippen LogP contribution in [0.25, 0.3) is 11.1 Å². The number of nitrogens with zero attached hydrogens (tertiary/aromatic N) is 2. The normalized spacial score (nSPS) is 11.8. The molecule has 1 heterocycles. The molecule has 0 saturated carbocycles. The number of hydrogen-bond acceptors (Lipinski definition) is 6. The van der Waals surface area contributed by atoms with Crippen molar-refractivity contribution >= 4 is 15.9 Å². The Morgan fingerprint density at radius 3 is 2.11 bits per heavy atom. The lowest BCUT2D eigenvalue weighted by atomic mass is 10.1. The zero-order valence-electron chi connectivity index (χ0n) is 22.3. The van der Waals surface area contributed by atoms with Gasteiger partial charge in [-0.05, 0) is 44.7 Å². The molecule has 0 bridgehead atoms. The van der Waals surface area contributed by atoms with Gasteiger partial charge in [0.1, 0.15) is 5.60 Å². The lowest BCUT2D eigenvalue weighted by Crippen LogP contribution is -2.44. The summed E-state index contributed by atoms with van der Waals surface area (Å²) in [6.07, 6.45) is 0.351. The monoisotopic (exact) mass is 541 g/mol.